The number of nitrogens with two attached hydrogens (primary N) is 1. The van der Waals surface area contributed by atoms with Gasteiger partial charge in [-0.05, 0) is 38.2 Å². The Balaban J connectivity index is 2.63. The van der Waals surface area contributed by atoms with Gasteiger partial charge in [-0.1, -0.05) is 12.2 Å². The maximum atomic E-state index is 12.4. The number of ether oxygens (including phenoxy) is 1. The van der Waals surface area contributed by atoms with E-state index >= 15 is 0 Å². The van der Waals surface area contributed by atoms with Crippen LogP contribution in [-0.4, -0.2) is 42.2 Å². The van der Waals surface area contributed by atoms with E-state index < -0.39 is 5.41 Å². The summed E-state index contributed by atoms with van der Waals surface area (Å²) in [5.74, 6) is 0.997. The van der Waals surface area contributed by atoms with Gasteiger partial charge in [-0.2, -0.15) is 11.8 Å². The Morgan fingerprint density at radius 1 is 1.56 bits per heavy atom. The Labute approximate surface area is 118 Å². The summed E-state index contributed by atoms with van der Waals surface area (Å²) >= 11 is 6.88. The van der Waals surface area contributed by atoms with Gasteiger partial charge in [0.2, 0.25) is 5.91 Å². The highest BCUT2D eigenvalue weighted by molar-refractivity contribution is 7.98. The van der Waals surface area contributed by atoms with Crippen molar-refractivity contribution in [1.82, 2.24) is 5.32 Å². The van der Waals surface area contributed by atoms with Gasteiger partial charge < -0.3 is 15.8 Å². The minimum Gasteiger partial charge on any atom is -0.392 e. The second kappa shape index (κ2) is 7.31. The predicted octanol–water partition coefficient (Wildman–Crippen LogP) is 1.33. The summed E-state index contributed by atoms with van der Waals surface area (Å²) in [7, 11) is 0. The van der Waals surface area contributed by atoms with E-state index in [0.29, 0.717) is 31.0 Å². The van der Waals surface area contributed by atoms with Crippen molar-refractivity contribution in [3.8, 4) is 0 Å². The van der Waals surface area contributed by atoms with Crippen molar-refractivity contribution >= 4 is 34.9 Å². The first-order valence-electron chi connectivity index (χ1n) is 6.20. The molecule has 0 saturated carbocycles. The van der Waals surface area contributed by atoms with Gasteiger partial charge in [-0.15, -0.1) is 0 Å². The van der Waals surface area contributed by atoms with Crippen LogP contribution in [0.5, 0.6) is 0 Å². The quantitative estimate of drug-likeness (QED) is 0.723. The highest BCUT2D eigenvalue weighted by Gasteiger charge is 2.43. The summed E-state index contributed by atoms with van der Waals surface area (Å²) in [5.41, 5.74) is 5.08. The van der Waals surface area contributed by atoms with Crippen LogP contribution in [0.25, 0.3) is 0 Å². The fourth-order valence-electron chi connectivity index (χ4n) is 2.03. The zero-order chi connectivity index (χ0) is 13.6. The maximum Gasteiger partial charge on any atom is 0.233 e. The number of carbonyl (C=O) groups is 1. The van der Waals surface area contributed by atoms with Crippen molar-refractivity contribution in [2.75, 3.05) is 25.2 Å². The van der Waals surface area contributed by atoms with Gasteiger partial charge in [-0.25, -0.2) is 0 Å². The van der Waals surface area contributed by atoms with E-state index in [4.69, 9.17) is 22.7 Å². The Hall–Kier alpha value is -0.330. The first-order chi connectivity index (χ1) is 8.53. The Bertz CT molecular complexity index is 304. The minimum atomic E-state index is -0.707. The lowest BCUT2D eigenvalue weighted by Gasteiger charge is -2.35. The van der Waals surface area contributed by atoms with Crippen LogP contribution < -0.4 is 11.1 Å². The summed E-state index contributed by atoms with van der Waals surface area (Å²) in [6.07, 6.45) is 4.19. The number of amides is 1. The Morgan fingerprint density at radius 2 is 2.17 bits per heavy atom. The molecule has 4 nitrogen and oxygen atoms in total. The molecule has 0 aromatic carbocycles. The van der Waals surface area contributed by atoms with Crippen LogP contribution in [0.2, 0.25) is 0 Å². The average molecular weight is 290 g/mol. The summed E-state index contributed by atoms with van der Waals surface area (Å²) in [5, 5.41) is 3.03. The fraction of sp³-hybridized carbons (Fsp3) is 0.833. The zero-order valence-electron chi connectivity index (χ0n) is 11.0. The minimum absolute atomic E-state index is 0.0353. The number of thioether (sulfide) groups is 1. The van der Waals surface area contributed by atoms with E-state index in [0.717, 1.165) is 12.2 Å². The van der Waals surface area contributed by atoms with Gasteiger partial charge in [-0.3, -0.25) is 4.79 Å². The molecule has 1 heterocycles. The van der Waals surface area contributed by atoms with E-state index in [9.17, 15) is 4.79 Å². The predicted molar refractivity (Wildman–Crippen MR) is 79.9 cm³/mol. The van der Waals surface area contributed by atoms with Gasteiger partial charge in [0.05, 0.1) is 4.99 Å². The molecule has 1 aliphatic rings. The zero-order valence-corrected chi connectivity index (χ0v) is 12.7. The van der Waals surface area contributed by atoms with Gasteiger partial charge >= 0.3 is 0 Å². The molecule has 3 N–H and O–H groups in total. The smallest absolute Gasteiger partial charge is 0.233 e. The van der Waals surface area contributed by atoms with Crippen molar-refractivity contribution in [3.05, 3.63) is 0 Å². The van der Waals surface area contributed by atoms with Crippen molar-refractivity contribution in [2.45, 2.75) is 32.2 Å². The number of nitrogens with one attached hydrogen (secondary N) is 1. The second-order valence-corrected chi connectivity index (χ2v) is 6.14. The molecule has 0 aliphatic carbocycles. The standard InChI is InChI=1S/C12H22N2O2S2/c1-9(3-8-18-2)14-11(15)12(10(13)17)4-6-16-7-5-12/h9H,3-8H2,1-2H3,(H2,13,17)(H,14,15). The topological polar surface area (TPSA) is 64.4 Å². The third-order valence-electron chi connectivity index (χ3n) is 3.39. The molecule has 0 aromatic rings. The second-order valence-electron chi connectivity index (χ2n) is 4.71. The molecule has 104 valence electrons. The first kappa shape index (κ1) is 15.7. The van der Waals surface area contributed by atoms with Gasteiger partial charge in [0.1, 0.15) is 5.41 Å². The van der Waals surface area contributed by atoms with Crippen LogP contribution in [-0.2, 0) is 9.53 Å². The SMILES string of the molecule is CSCCC(C)NC(=O)C1(C(N)=S)CCOCC1. The monoisotopic (exact) mass is 290 g/mol. The molecule has 1 amide bonds. The van der Waals surface area contributed by atoms with E-state index in [1.54, 1.807) is 11.8 Å². The maximum absolute atomic E-state index is 12.4. The molecule has 1 unspecified atom stereocenters. The Kier molecular flexibility index (Phi) is 6.38. The molecule has 1 atom stereocenters. The molecule has 0 aromatic heterocycles. The number of thiocarbonyl (C=S) groups is 1. The largest absolute Gasteiger partial charge is 0.392 e. The third-order valence-corrected chi connectivity index (χ3v) is 4.42. The number of rotatable bonds is 6. The van der Waals surface area contributed by atoms with Gasteiger partial charge in [0.25, 0.3) is 0 Å². The average Bonchev–Trinajstić information content (AvgIpc) is 2.36. The highest BCUT2D eigenvalue weighted by atomic mass is 32.2. The molecule has 0 spiro atoms. The van der Waals surface area contributed by atoms with Gasteiger partial charge in [0, 0.05) is 19.3 Å². The van der Waals surface area contributed by atoms with Crippen LogP contribution in [0.1, 0.15) is 26.2 Å². The molecule has 0 bridgehead atoms. The molecule has 1 aliphatic heterocycles. The van der Waals surface area contributed by atoms with Gasteiger partial charge in [0.15, 0.2) is 0 Å². The molecule has 1 saturated heterocycles. The van der Waals surface area contributed by atoms with E-state index in [1.165, 1.54) is 0 Å². The summed E-state index contributed by atoms with van der Waals surface area (Å²) in [6, 6.07) is 0.152. The van der Waals surface area contributed by atoms with E-state index in [1.807, 2.05) is 6.92 Å². The molecule has 6 heteroatoms. The number of hydrogen-bond donors (Lipinski definition) is 2. The van der Waals surface area contributed by atoms with Crippen LogP contribution in [0.15, 0.2) is 0 Å². The van der Waals surface area contributed by atoms with Crippen molar-refractivity contribution in [3.63, 3.8) is 0 Å². The molecular formula is C12H22N2O2S2. The lowest BCUT2D eigenvalue weighted by Crippen LogP contribution is -2.53. The molecule has 1 rings (SSSR count). The Morgan fingerprint density at radius 3 is 2.67 bits per heavy atom. The number of hydrogen-bond acceptors (Lipinski definition) is 4. The highest BCUT2D eigenvalue weighted by Crippen LogP contribution is 2.31. The lowest BCUT2D eigenvalue weighted by atomic mass is 9.79. The molecule has 1 fully saturated rings. The van der Waals surface area contributed by atoms with Crippen LogP contribution in [0, 0.1) is 5.41 Å². The summed E-state index contributed by atoms with van der Waals surface area (Å²) in [6.45, 7) is 3.11. The van der Waals surface area contributed by atoms with Crippen LogP contribution in [0.4, 0.5) is 0 Å². The molecular weight excluding hydrogens is 268 g/mol. The lowest BCUT2D eigenvalue weighted by molar-refractivity contribution is -0.132. The van der Waals surface area contributed by atoms with E-state index in [2.05, 4.69) is 11.6 Å². The summed E-state index contributed by atoms with van der Waals surface area (Å²) in [4.78, 5) is 12.7. The third kappa shape index (κ3) is 3.83. The first-order valence-corrected chi connectivity index (χ1v) is 8.00. The molecule has 18 heavy (non-hydrogen) atoms. The van der Waals surface area contributed by atoms with Crippen molar-refractivity contribution in [1.29, 1.82) is 0 Å². The van der Waals surface area contributed by atoms with Crippen LogP contribution >= 0.6 is 24.0 Å². The van der Waals surface area contributed by atoms with Crippen molar-refractivity contribution < 1.29 is 9.53 Å². The van der Waals surface area contributed by atoms with Crippen molar-refractivity contribution in [2.24, 2.45) is 11.1 Å². The fourth-order valence-corrected chi connectivity index (χ4v) is 2.92. The number of carbonyl (C=O) groups excluding carboxylic acids is 1. The molecule has 0 radical (unpaired) electrons. The normalized spacial score (nSPS) is 20.1. The van der Waals surface area contributed by atoms with E-state index in [-0.39, 0.29) is 11.9 Å². The van der Waals surface area contributed by atoms with Crippen LogP contribution in [0.3, 0.4) is 0 Å². The summed E-state index contributed by atoms with van der Waals surface area (Å²) < 4.78 is 5.30.